The Morgan fingerprint density at radius 3 is 2.92 bits per heavy atom. The number of fused-ring (bicyclic) bond motifs is 2. The van der Waals surface area contributed by atoms with Gasteiger partial charge < -0.3 is 16.0 Å². The molecule has 2 atom stereocenters. The standard InChI is InChI=1S/C20H21N3O/c21-17(11-14-12-22-18-8-4-3-7-16(14)18)20(24)23-19-10-9-13-5-1-2-6-15(13)19/h1-8,12,17,19,22H,9-11,21H2,(H,23,24)/t17-,19+/m0/s1. The molecule has 24 heavy (non-hydrogen) atoms. The maximum Gasteiger partial charge on any atom is 0.237 e. The van der Waals surface area contributed by atoms with Gasteiger partial charge in [0.25, 0.3) is 0 Å². The normalized spacial score (nSPS) is 17.6. The number of aromatic nitrogens is 1. The summed E-state index contributed by atoms with van der Waals surface area (Å²) in [5.74, 6) is -0.0815. The number of carbonyl (C=O) groups is 1. The highest BCUT2D eigenvalue weighted by Gasteiger charge is 2.25. The van der Waals surface area contributed by atoms with E-state index in [0.717, 1.165) is 29.3 Å². The number of benzene rings is 2. The number of aromatic amines is 1. The lowest BCUT2D eigenvalue weighted by molar-refractivity contribution is -0.123. The molecule has 4 nitrogen and oxygen atoms in total. The number of hydrogen-bond acceptors (Lipinski definition) is 2. The van der Waals surface area contributed by atoms with E-state index in [1.165, 1.54) is 11.1 Å². The lowest BCUT2D eigenvalue weighted by atomic mass is 10.0. The van der Waals surface area contributed by atoms with Gasteiger partial charge in [0.1, 0.15) is 0 Å². The average molecular weight is 319 g/mol. The third-order valence-electron chi connectivity index (χ3n) is 4.90. The average Bonchev–Trinajstić information content (AvgIpc) is 3.20. The van der Waals surface area contributed by atoms with Crippen molar-refractivity contribution >= 4 is 16.8 Å². The van der Waals surface area contributed by atoms with Crippen LogP contribution in [0.5, 0.6) is 0 Å². The zero-order valence-electron chi connectivity index (χ0n) is 13.5. The number of carbonyl (C=O) groups excluding carboxylic acids is 1. The molecule has 122 valence electrons. The largest absolute Gasteiger partial charge is 0.361 e. The van der Waals surface area contributed by atoms with E-state index < -0.39 is 6.04 Å². The molecule has 0 aliphatic heterocycles. The lowest BCUT2D eigenvalue weighted by Gasteiger charge is -2.17. The van der Waals surface area contributed by atoms with Gasteiger partial charge in [0.05, 0.1) is 12.1 Å². The van der Waals surface area contributed by atoms with E-state index in [1.54, 1.807) is 0 Å². The molecule has 0 bridgehead atoms. The van der Waals surface area contributed by atoms with Crippen LogP contribution in [0.1, 0.15) is 29.2 Å². The van der Waals surface area contributed by atoms with Crippen molar-refractivity contribution in [2.45, 2.75) is 31.3 Å². The zero-order chi connectivity index (χ0) is 16.5. The molecule has 1 aromatic heterocycles. The molecule has 1 heterocycles. The fourth-order valence-electron chi connectivity index (χ4n) is 3.62. The van der Waals surface area contributed by atoms with Gasteiger partial charge in [-0.3, -0.25) is 4.79 Å². The topological polar surface area (TPSA) is 70.9 Å². The van der Waals surface area contributed by atoms with Gasteiger partial charge >= 0.3 is 0 Å². The third-order valence-corrected chi connectivity index (χ3v) is 4.90. The third kappa shape index (κ3) is 2.69. The minimum Gasteiger partial charge on any atom is -0.361 e. The van der Waals surface area contributed by atoms with Gasteiger partial charge in [0.2, 0.25) is 5.91 Å². The summed E-state index contributed by atoms with van der Waals surface area (Å²) < 4.78 is 0. The zero-order valence-corrected chi connectivity index (χ0v) is 13.5. The van der Waals surface area contributed by atoms with Crippen molar-refractivity contribution < 1.29 is 4.79 Å². The van der Waals surface area contributed by atoms with Gasteiger partial charge in [0, 0.05) is 17.1 Å². The first-order chi connectivity index (χ1) is 11.7. The second-order valence-corrected chi connectivity index (χ2v) is 6.47. The Balaban J connectivity index is 1.45. The highest BCUT2D eigenvalue weighted by Crippen LogP contribution is 2.30. The second-order valence-electron chi connectivity index (χ2n) is 6.47. The second kappa shape index (κ2) is 6.13. The van der Waals surface area contributed by atoms with Gasteiger partial charge in [0.15, 0.2) is 0 Å². The Morgan fingerprint density at radius 2 is 2.00 bits per heavy atom. The molecule has 0 spiro atoms. The Hall–Kier alpha value is -2.59. The maximum absolute atomic E-state index is 12.5. The quantitative estimate of drug-likeness (QED) is 0.692. The van der Waals surface area contributed by atoms with Gasteiger partial charge in [-0.2, -0.15) is 0 Å². The van der Waals surface area contributed by atoms with Gasteiger partial charge in [-0.1, -0.05) is 42.5 Å². The summed E-state index contributed by atoms with van der Waals surface area (Å²) in [6.07, 6.45) is 4.44. The van der Waals surface area contributed by atoms with E-state index in [2.05, 4.69) is 28.5 Å². The van der Waals surface area contributed by atoms with Gasteiger partial charge in [-0.15, -0.1) is 0 Å². The summed E-state index contributed by atoms with van der Waals surface area (Å²) in [4.78, 5) is 15.8. The van der Waals surface area contributed by atoms with Crippen molar-refractivity contribution in [3.63, 3.8) is 0 Å². The van der Waals surface area contributed by atoms with E-state index in [-0.39, 0.29) is 11.9 Å². The van der Waals surface area contributed by atoms with Crippen LogP contribution in [-0.4, -0.2) is 16.9 Å². The maximum atomic E-state index is 12.5. The summed E-state index contributed by atoms with van der Waals surface area (Å²) in [5, 5.41) is 4.25. The van der Waals surface area contributed by atoms with Crippen molar-refractivity contribution in [3.05, 3.63) is 71.4 Å². The van der Waals surface area contributed by atoms with Crippen LogP contribution in [0.3, 0.4) is 0 Å². The summed E-state index contributed by atoms with van der Waals surface area (Å²) >= 11 is 0. The number of para-hydroxylation sites is 1. The molecule has 1 aliphatic rings. The molecule has 4 rings (SSSR count). The molecule has 4 heteroatoms. The van der Waals surface area contributed by atoms with Crippen LogP contribution < -0.4 is 11.1 Å². The number of nitrogens with two attached hydrogens (primary N) is 1. The van der Waals surface area contributed by atoms with E-state index >= 15 is 0 Å². The molecule has 1 aliphatic carbocycles. The molecule has 0 saturated heterocycles. The summed E-state index contributed by atoms with van der Waals surface area (Å²) in [5.41, 5.74) is 10.9. The SMILES string of the molecule is N[C@@H](Cc1c[nH]c2ccccc12)C(=O)N[C@@H]1CCc2ccccc21. The van der Waals surface area contributed by atoms with Crippen LogP contribution >= 0.6 is 0 Å². The summed E-state index contributed by atoms with van der Waals surface area (Å²) in [6.45, 7) is 0. The number of rotatable bonds is 4. The Kier molecular flexibility index (Phi) is 3.82. The van der Waals surface area contributed by atoms with Crippen molar-refractivity contribution in [3.8, 4) is 0 Å². The Labute approximate surface area is 141 Å². The Bertz CT molecular complexity index is 883. The first-order valence-electron chi connectivity index (χ1n) is 8.41. The van der Waals surface area contributed by atoms with Crippen molar-refractivity contribution in [1.29, 1.82) is 0 Å². The molecule has 0 unspecified atom stereocenters. The summed E-state index contributed by atoms with van der Waals surface area (Å²) in [7, 11) is 0. The van der Waals surface area contributed by atoms with Crippen LogP contribution in [-0.2, 0) is 17.6 Å². The predicted molar refractivity (Wildman–Crippen MR) is 95.6 cm³/mol. The molecule has 3 aromatic rings. The highest BCUT2D eigenvalue weighted by molar-refractivity contribution is 5.86. The first-order valence-corrected chi connectivity index (χ1v) is 8.41. The van der Waals surface area contributed by atoms with Crippen LogP contribution in [0.4, 0.5) is 0 Å². The summed E-state index contributed by atoms with van der Waals surface area (Å²) in [6, 6.07) is 15.9. The lowest BCUT2D eigenvalue weighted by Crippen LogP contribution is -2.43. The Morgan fingerprint density at radius 1 is 1.21 bits per heavy atom. The number of H-pyrrole nitrogens is 1. The number of hydrogen-bond donors (Lipinski definition) is 3. The molecule has 0 radical (unpaired) electrons. The van der Waals surface area contributed by atoms with E-state index in [0.29, 0.717) is 6.42 Å². The van der Waals surface area contributed by atoms with Crippen LogP contribution in [0, 0.1) is 0 Å². The van der Waals surface area contributed by atoms with E-state index in [4.69, 9.17) is 5.73 Å². The van der Waals surface area contributed by atoms with Crippen LogP contribution in [0.25, 0.3) is 10.9 Å². The van der Waals surface area contributed by atoms with E-state index in [1.807, 2.05) is 36.5 Å². The monoisotopic (exact) mass is 319 g/mol. The smallest absolute Gasteiger partial charge is 0.237 e. The molecule has 2 aromatic carbocycles. The van der Waals surface area contributed by atoms with Gasteiger partial charge in [-0.05, 0) is 42.0 Å². The molecule has 1 amide bonds. The molecule has 0 fully saturated rings. The fraction of sp³-hybridized carbons (Fsp3) is 0.250. The van der Waals surface area contributed by atoms with Crippen LogP contribution in [0.15, 0.2) is 54.7 Å². The number of aryl methyl sites for hydroxylation is 1. The minimum absolute atomic E-state index is 0.0815. The molecular weight excluding hydrogens is 298 g/mol. The molecule has 0 saturated carbocycles. The number of nitrogens with one attached hydrogen (secondary N) is 2. The van der Waals surface area contributed by atoms with Crippen LogP contribution in [0.2, 0.25) is 0 Å². The van der Waals surface area contributed by atoms with E-state index in [9.17, 15) is 4.79 Å². The fourth-order valence-corrected chi connectivity index (χ4v) is 3.62. The first kappa shape index (κ1) is 15.0. The van der Waals surface area contributed by atoms with Gasteiger partial charge in [-0.25, -0.2) is 0 Å². The van der Waals surface area contributed by atoms with Crippen molar-refractivity contribution in [2.75, 3.05) is 0 Å². The highest BCUT2D eigenvalue weighted by atomic mass is 16.2. The van der Waals surface area contributed by atoms with Crippen molar-refractivity contribution in [2.24, 2.45) is 5.73 Å². The molecule has 4 N–H and O–H groups in total. The predicted octanol–water partition coefficient (Wildman–Crippen LogP) is 2.84. The molecular formula is C20H21N3O. The minimum atomic E-state index is -0.544. The van der Waals surface area contributed by atoms with Crippen molar-refractivity contribution in [1.82, 2.24) is 10.3 Å². The number of amides is 1.